The zero-order chi connectivity index (χ0) is 6.62. The molecule has 8 heavy (non-hydrogen) atoms. The molecule has 0 radical (unpaired) electrons. The fourth-order valence-electron chi connectivity index (χ4n) is 0.0659. The minimum Gasteiger partial charge on any atom is -0.246 e. The predicted molar refractivity (Wildman–Crippen MR) is 13.8 cm³/mol. The molecule has 0 aromatic carbocycles. The van der Waals surface area contributed by atoms with Gasteiger partial charge in [-0.2, -0.15) is 0 Å². The van der Waals surface area contributed by atoms with Crippen LogP contribution in [-0.2, 0) is 9.78 Å². The first-order chi connectivity index (χ1) is 3.56. The van der Waals surface area contributed by atoms with Gasteiger partial charge in [-0.1, -0.05) is 4.89 Å². The second-order valence-corrected chi connectivity index (χ2v) is 0.704. The van der Waals surface area contributed by atoms with Gasteiger partial charge in [0, 0.05) is 0 Å². The van der Waals surface area contributed by atoms with Crippen LogP contribution in [-0.4, -0.2) is 6.36 Å². The quantitative estimate of drug-likeness (QED) is 0.299. The number of hydrogen-bond donors (Lipinski definition) is 0. The Labute approximate surface area is 42.1 Å². The first-order valence-corrected chi connectivity index (χ1v) is 1.37. The molecule has 0 aromatic heterocycles. The second kappa shape index (κ2) is 2.37. The third-order valence-electron chi connectivity index (χ3n) is 0.173. The Morgan fingerprint density at radius 1 is 1.38 bits per heavy atom. The molecule has 0 heterocycles. The van der Waals surface area contributed by atoms with Crippen LogP contribution < -0.4 is 0 Å². The molecule has 0 spiro atoms. The standard InChI is InChI=1S/C2F3NO2/c3-2(4,5)8-7-1-6. The van der Waals surface area contributed by atoms with Crippen molar-refractivity contribution < 1.29 is 22.9 Å². The normalized spacial score (nSPS) is 10.2. The van der Waals surface area contributed by atoms with E-state index in [0.29, 0.717) is 6.26 Å². The van der Waals surface area contributed by atoms with Crippen molar-refractivity contribution in [2.24, 2.45) is 0 Å². The van der Waals surface area contributed by atoms with Crippen molar-refractivity contribution in [3.05, 3.63) is 0 Å². The Bertz CT molecular complexity index is 103. The summed E-state index contributed by atoms with van der Waals surface area (Å²) in [5.74, 6) is 0. The average Bonchev–Trinajstić information content (AvgIpc) is 1.59. The minimum atomic E-state index is -4.89. The molecule has 0 fully saturated rings. The first kappa shape index (κ1) is 7.04. The number of nitrogens with zero attached hydrogens (tertiary/aromatic N) is 1. The van der Waals surface area contributed by atoms with Gasteiger partial charge in [-0.25, -0.2) is 4.89 Å². The molecule has 46 valence electrons. The van der Waals surface area contributed by atoms with Crippen LogP contribution in [0.15, 0.2) is 0 Å². The van der Waals surface area contributed by atoms with Crippen LogP contribution in [0.4, 0.5) is 13.2 Å². The van der Waals surface area contributed by atoms with Crippen molar-refractivity contribution in [3.63, 3.8) is 0 Å². The lowest BCUT2D eigenvalue weighted by molar-refractivity contribution is -0.460. The largest absolute Gasteiger partial charge is 0.559 e. The molecular formula is C2F3NO2. The van der Waals surface area contributed by atoms with Gasteiger partial charge < -0.3 is 0 Å². The van der Waals surface area contributed by atoms with Gasteiger partial charge in [0.1, 0.15) is 0 Å². The molecule has 0 saturated carbocycles. The fourth-order valence-corrected chi connectivity index (χ4v) is 0.0659. The molecule has 0 atom stereocenters. The lowest BCUT2D eigenvalue weighted by Crippen LogP contribution is -2.11. The third kappa shape index (κ3) is 5.04. The number of alkyl halides is 3. The van der Waals surface area contributed by atoms with E-state index in [2.05, 4.69) is 9.78 Å². The van der Waals surface area contributed by atoms with Crippen molar-refractivity contribution in [2.75, 3.05) is 0 Å². The Kier molecular flexibility index (Phi) is 2.09. The van der Waals surface area contributed by atoms with E-state index in [4.69, 9.17) is 5.26 Å². The molecular weight excluding hydrogens is 127 g/mol. The van der Waals surface area contributed by atoms with E-state index in [-0.39, 0.29) is 0 Å². The molecule has 0 aliphatic rings. The Hall–Kier alpha value is -0.960. The van der Waals surface area contributed by atoms with E-state index in [0.717, 1.165) is 0 Å². The summed E-state index contributed by atoms with van der Waals surface area (Å²) in [4.78, 5) is 5.40. The molecule has 3 nitrogen and oxygen atoms in total. The van der Waals surface area contributed by atoms with E-state index in [1.165, 1.54) is 0 Å². The van der Waals surface area contributed by atoms with Crippen LogP contribution >= 0.6 is 0 Å². The van der Waals surface area contributed by atoms with Crippen molar-refractivity contribution >= 4 is 0 Å². The van der Waals surface area contributed by atoms with Crippen LogP contribution in [0.5, 0.6) is 0 Å². The molecule has 0 aliphatic heterocycles. The van der Waals surface area contributed by atoms with Gasteiger partial charge in [-0.3, -0.25) is 0 Å². The molecule has 0 N–H and O–H groups in total. The van der Waals surface area contributed by atoms with Gasteiger partial charge in [0.2, 0.25) is 0 Å². The van der Waals surface area contributed by atoms with Crippen LogP contribution in [0, 0.1) is 11.5 Å². The Morgan fingerprint density at radius 3 is 2.00 bits per heavy atom. The van der Waals surface area contributed by atoms with Gasteiger partial charge in [0.15, 0.2) is 0 Å². The highest BCUT2D eigenvalue weighted by Crippen LogP contribution is 2.15. The maximum Gasteiger partial charge on any atom is 0.559 e. The highest BCUT2D eigenvalue weighted by atomic mass is 19.4. The molecule has 0 unspecified atom stereocenters. The van der Waals surface area contributed by atoms with Gasteiger partial charge in [-0.15, -0.1) is 18.4 Å². The van der Waals surface area contributed by atoms with Gasteiger partial charge in [0.25, 0.3) is 0 Å². The summed E-state index contributed by atoms with van der Waals surface area (Å²) in [7, 11) is 0. The van der Waals surface area contributed by atoms with E-state index < -0.39 is 6.36 Å². The third-order valence-corrected chi connectivity index (χ3v) is 0.173. The SMILES string of the molecule is N#COOC(F)(F)F. The summed E-state index contributed by atoms with van der Waals surface area (Å²) < 4.78 is 32.2. The zero-order valence-electron chi connectivity index (χ0n) is 3.40. The summed E-state index contributed by atoms with van der Waals surface area (Å²) in [6, 6.07) is 0. The van der Waals surface area contributed by atoms with Gasteiger partial charge >= 0.3 is 12.6 Å². The number of nitriles is 1. The lowest BCUT2D eigenvalue weighted by atomic mass is 11.4. The maximum atomic E-state index is 10.7. The topological polar surface area (TPSA) is 42.2 Å². The number of halogens is 3. The zero-order valence-corrected chi connectivity index (χ0v) is 3.40. The second-order valence-electron chi connectivity index (χ2n) is 0.704. The average molecular weight is 127 g/mol. The summed E-state index contributed by atoms with van der Waals surface area (Å²) in [5.41, 5.74) is 0. The highest BCUT2D eigenvalue weighted by Gasteiger charge is 2.31. The van der Waals surface area contributed by atoms with E-state index in [1.54, 1.807) is 0 Å². The molecule has 0 aromatic rings. The van der Waals surface area contributed by atoms with Crippen LogP contribution in [0.25, 0.3) is 0 Å². The highest BCUT2D eigenvalue weighted by molar-refractivity contribution is 4.38. The molecule has 0 bridgehead atoms. The summed E-state index contributed by atoms with van der Waals surface area (Å²) in [5, 5.41) is 7.33. The monoisotopic (exact) mass is 127 g/mol. The molecule has 0 rings (SSSR count). The first-order valence-electron chi connectivity index (χ1n) is 1.37. The van der Waals surface area contributed by atoms with Crippen molar-refractivity contribution in [3.8, 4) is 6.26 Å². The predicted octanol–water partition coefficient (Wildman–Crippen LogP) is 0.935. The minimum absolute atomic E-state index is 0.682. The summed E-state index contributed by atoms with van der Waals surface area (Å²) in [6.07, 6.45) is -4.21. The van der Waals surface area contributed by atoms with E-state index in [9.17, 15) is 13.2 Å². The van der Waals surface area contributed by atoms with Crippen molar-refractivity contribution in [1.29, 1.82) is 5.26 Å². The Morgan fingerprint density at radius 2 is 1.88 bits per heavy atom. The van der Waals surface area contributed by atoms with Gasteiger partial charge in [-0.05, 0) is 0 Å². The lowest BCUT2D eigenvalue weighted by Gasteiger charge is -1.97. The number of rotatable bonds is 1. The number of hydrogen-bond acceptors (Lipinski definition) is 3. The van der Waals surface area contributed by atoms with Gasteiger partial charge in [0.05, 0.1) is 0 Å². The molecule has 6 heteroatoms. The molecule has 0 saturated heterocycles. The maximum absolute atomic E-state index is 10.7. The smallest absolute Gasteiger partial charge is 0.246 e. The molecule has 0 aliphatic carbocycles. The summed E-state index contributed by atoms with van der Waals surface area (Å²) >= 11 is 0. The van der Waals surface area contributed by atoms with E-state index in [1.807, 2.05) is 0 Å². The van der Waals surface area contributed by atoms with Crippen LogP contribution in [0.1, 0.15) is 0 Å². The Balaban J connectivity index is 3.28. The van der Waals surface area contributed by atoms with Crippen LogP contribution in [0.3, 0.4) is 0 Å². The molecule has 0 amide bonds. The van der Waals surface area contributed by atoms with E-state index >= 15 is 0 Å². The fraction of sp³-hybridized carbons (Fsp3) is 0.500. The van der Waals surface area contributed by atoms with Crippen molar-refractivity contribution in [1.82, 2.24) is 0 Å². The van der Waals surface area contributed by atoms with Crippen molar-refractivity contribution in [2.45, 2.75) is 6.36 Å². The van der Waals surface area contributed by atoms with Crippen LogP contribution in [0.2, 0.25) is 0 Å². The summed E-state index contributed by atoms with van der Waals surface area (Å²) in [6.45, 7) is 0.